The van der Waals surface area contributed by atoms with Gasteiger partial charge in [-0.3, -0.25) is 9.36 Å². The van der Waals surface area contributed by atoms with Crippen molar-refractivity contribution in [3.05, 3.63) is 74.1 Å². The minimum absolute atomic E-state index is 0.152. The van der Waals surface area contributed by atoms with Crippen LogP contribution in [0, 0.1) is 0 Å². The van der Waals surface area contributed by atoms with Crippen LogP contribution in [0.4, 0.5) is 0 Å². The number of fused-ring (bicyclic) bond motifs is 1. The van der Waals surface area contributed by atoms with Crippen LogP contribution in [0.15, 0.2) is 53.5 Å². The predicted molar refractivity (Wildman–Crippen MR) is 105 cm³/mol. The predicted octanol–water partition coefficient (Wildman–Crippen LogP) is 4.57. The van der Waals surface area contributed by atoms with Gasteiger partial charge in [-0.05, 0) is 36.4 Å². The van der Waals surface area contributed by atoms with Gasteiger partial charge in [-0.25, -0.2) is 4.98 Å². The summed E-state index contributed by atoms with van der Waals surface area (Å²) in [5.41, 5.74) is 2.45. The van der Waals surface area contributed by atoms with E-state index in [1.54, 1.807) is 16.8 Å². The highest BCUT2D eigenvalue weighted by Crippen LogP contribution is 2.23. The number of rotatable bonds is 5. The van der Waals surface area contributed by atoms with Gasteiger partial charge >= 0.3 is 0 Å². The second-order valence-electron chi connectivity index (χ2n) is 5.80. The molecular formula is C19H16ClN3O2S. The number of aromatic amines is 1. The van der Waals surface area contributed by atoms with Crippen LogP contribution in [-0.2, 0) is 13.0 Å². The summed E-state index contributed by atoms with van der Waals surface area (Å²) in [4.78, 5) is 21.3. The lowest BCUT2D eigenvalue weighted by atomic mass is 10.2. The zero-order valence-electron chi connectivity index (χ0n) is 14.0. The SMILES string of the molecule is CCc1nc2ccc(-n3ccc(OCc4ccc(Cl)s4)cc3=O)cc2[nH]1. The number of benzene rings is 1. The highest BCUT2D eigenvalue weighted by molar-refractivity contribution is 7.16. The molecule has 0 aliphatic heterocycles. The molecule has 0 unspecified atom stereocenters. The fraction of sp³-hybridized carbons (Fsp3) is 0.158. The van der Waals surface area contributed by atoms with Gasteiger partial charge in [0, 0.05) is 23.6 Å². The number of nitrogens with one attached hydrogen (secondary N) is 1. The standard InChI is InChI=1S/C19H16ClN3O2S/c1-2-18-21-15-5-3-12(9-16(15)22-18)23-8-7-13(10-19(23)24)25-11-14-4-6-17(20)26-14/h3-10H,2,11H2,1H3,(H,21,22). The van der Waals surface area contributed by atoms with Crippen molar-refractivity contribution < 1.29 is 4.74 Å². The van der Waals surface area contributed by atoms with Crippen LogP contribution < -0.4 is 10.3 Å². The third-order valence-electron chi connectivity index (χ3n) is 4.03. The van der Waals surface area contributed by atoms with Gasteiger partial charge in [-0.15, -0.1) is 11.3 Å². The second-order valence-corrected chi connectivity index (χ2v) is 7.60. The number of nitrogens with zero attached hydrogens (tertiary/aromatic N) is 2. The summed E-state index contributed by atoms with van der Waals surface area (Å²) in [5, 5.41) is 0. The molecule has 0 spiro atoms. The summed E-state index contributed by atoms with van der Waals surface area (Å²) in [6.45, 7) is 2.44. The van der Waals surface area contributed by atoms with Gasteiger partial charge < -0.3 is 9.72 Å². The smallest absolute Gasteiger partial charge is 0.258 e. The van der Waals surface area contributed by atoms with Crippen molar-refractivity contribution in [2.24, 2.45) is 0 Å². The highest BCUT2D eigenvalue weighted by Gasteiger charge is 2.07. The Morgan fingerprint density at radius 2 is 2.12 bits per heavy atom. The molecule has 0 aliphatic rings. The molecule has 3 heterocycles. The number of hydrogen-bond acceptors (Lipinski definition) is 4. The Kier molecular flexibility index (Phi) is 4.53. The Morgan fingerprint density at radius 1 is 1.23 bits per heavy atom. The van der Waals surface area contributed by atoms with Gasteiger partial charge in [0.25, 0.3) is 5.56 Å². The van der Waals surface area contributed by atoms with Crippen LogP contribution in [-0.4, -0.2) is 14.5 Å². The van der Waals surface area contributed by atoms with Crippen molar-refractivity contribution in [3.8, 4) is 11.4 Å². The van der Waals surface area contributed by atoms with Crippen LogP contribution >= 0.6 is 22.9 Å². The van der Waals surface area contributed by atoms with Gasteiger partial charge in [0.1, 0.15) is 18.2 Å². The molecule has 0 radical (unpaired) electrons. The molecule has 0 amide bonds. The Hall–Kier alpha value is -2.57. The number of H-pyrrole nitrogens is 1. The van der Waals surface area contributed by atoms with Gasteiger partial charge in [0.15, 0.2) is 0 Å². The average molecular weight is 386 g/mol. The normalized spacial score (nSPS) is 11.2. The second kappa shape index (κ2) is 6.97. The maximum absolute atomic E-state index is 12.5. The largest absolute Gasteiger partial charge is 0.488 e. The van der Waals surface area contributed by atoms with E-state index in [4.69, 9.17) is 16.3 Å². The van der Waals surface area contributed by atoms with Crippen molar-refractivity contribution in [3.63, 3.8) is 0 Å². The molecule has 1 N–H and O–H groups in total. The number of aryl methyl sites for hydroxylation is 1. The number of thiophene rings is 1. The molecule has 0 atom stereocenters. The van der Waals surface area contributed by atoms with Gasteiger partial charge in [0.05, 0.1) is 21.1 Å². The van der Waals surface area contributed by atoms with Gasteiger partial charge in [-0.1, -0.05) is 18.5 Å². The Balaban J connectivity index is 1.58. The van der Waals surface area contributed by atoms with E-state index < -0.39 is 0 Å². The van der Waals surface area contributed by atoms with Crippen LogP contribution in [0.1, 0.15) is 17.6 Å². The zero-order chi connectivity index (χ0) is 18.1. The molecule has 0 aliphatic carbocycles. The minimum Gasteiger partial charge on any atom is -0.488 e. The van der Waals surface area contributed by atoms with E-state index in [0.717, 1.165) is 38.2 Å². The Bertz CT molecular complexity index is 1130. The topological polar surface area (TPSA) is 59.9 Å². The fourth-order valence-corrected chi connectivity index (χ4v) is 3.72. The third kappa shape index (κ3) is 3.38. The first kappa shape index (κ1) is 16.9. The number of ether oxygens (including phenoxy) is 1. The molecule has 0 saturated heterocycles. The highest BCUT2D eigenvalue weighted by atomic mass is 35.5. The summed E-state index contributed by atoms with van der Waals surface area (Å²) in [6.07, 6.45) is 2.56. The van der Waals surface area contributed by atoms with E-state index in [2.05, 4.69) is 9.97 Å². The van der Waals surface area contributed by atoms with E-state index in [-0.39, 0.29) is 5.56 Å². The van der Waals surface area contributed by atoms with E-state index in [9.17, 15) is 4.79 Å². The molecule has 0 bridgehead atoms. The molecule has 132 valence electrons. The van der Waals surface area contributed by atoms with Crippen molar-refractivity contribution in [2.75, 3.05) is 0 Å². The fourth-order valence-electron chi connectivity index (χ4n) is 2.72. The minimum atomic E-state index is -0.152. The maximum Gasteiger partial charge on any atom is 0.258 e. The number of imidazole rings is 1. The first-order valence-corrected chi connectivity index (χ1v) is 9.40. The maximum atomic E-state index is 12.5. The Labute approximate surface area is 158 Å². The van der Waals surface area contributed by atoms with Gasteiger partial charge in [0.2, 0.25) is 0 Å². The van der Waals surface area contributed by atoms with Crippen LogP contribution in [0.3, 0.4) is 0 Å². The van der Waals surface area contributed by atoms with E-state index in [1.165, 1.54) is 17.4 Å². The van der Waals surface area contributed by atoms with Crippen LogP contribution in [0.5, 0.6) is 5.75 Å². The first-order valence-electron chi connectivity index (χ1n) is 8.21. The number of pyridine rings is 1. The summed E-state index contributed by atoms with van der Waals surface area (Å²) >= 11 is 7.37. The van der Waals surface area contributed by atoms with E-state index >= 15 is 0 Å². The lowest BCUT2D eigenvalue weighted by molar-refractivity contribution is 0.309. The monoisotopic (exact) mass is 385 g/mol. The van der Waals surface area contributed by atoms with Crippen molar-refractivity contribution in [1.29, 1.82) is 0 Å². The number of aromatic nitrogens is 3. The molecular weight excluding hydrogens is 370 g/mol. The first-order chi connectivity index (χ1) is 12.6. The van der Waals surface area contributed by atoms with Crippen LogP contribution in [0.2, 0.25) is 4.34 Å². The van der Waals surface area contributed by atoms with Crippen molar-refractivity contribution in [2.45, 2.75) is 20.0 Å². The number of hydrogen-bond donors (Lipinski definition) is 1. The molecule has 26 heavy (non-hydrogen) atoms. The molecule has 5 nitrogen and oxygen atoms in total. The summed E-state index contributed by atoms with van der Waals surface area (Å²) in [7, 11) is 0. The van der Waals surface area contributed by atoms with Crippen LogP contribution in [0.25, 0.3) is 16.7 Å². The molecule has 7 heteroatoms. The lowest BCUT2D eigenvalue weighted by Crippen LogP contribution is -2.16. The molecule has 4 rings (SSSR count). The van der Waals surface area contributed by atoms with Crippen molar-refractivity contribution in [1.82, 2.24) is 14.5 Å². The number of halogens is 1. The van der Waals surface area contributed by atoms with E-state index in [0.29, 0.717) is 12.4 Å². The molecule has 4 aromatic rings. The quantitative estimate of drug-likeness (QED) is 0.547. The Morgan fingerprint density at radius 3 is 2.85 bits per heavy atom. The molecule has 0 fully saturated rings. The lowest BCUT2D eigenvalue weighted by Gasteiger charge is -2.08. The van der Waals surface area contributed by atoms with E-state index in [1.807, 2.05) is 37.3 Å². The third-order valence-corrected chi connectivity index (χ3v) is 5.23. The zero-order valence-corrected chi connectivity index (χ0v) is 15.6. The van der Waals surface area contributed by atoms with Gasteiger partial charge in [-0.2, -0.15) is 0 Å². The average Bonchev–Trinajstić information content (AvgIpc) is 3.25. The molecule has 1 aromatic carbocycles. The molecule has 3 aromatic heterocycles. The summed E-state index contributed by atoms with van der Waals surface area (Å²) in [5.74, 6) is 1.47. The van der Waals surface area contributed by atoms with Crippen molar-refractivity contribution >= 4 is 34.0 Å². The molecule has 0 saturated carbocycles. The summed E-state index contributed by atoms with van der Waals surface area (Å²) in [6, 6.07) is 12.7. The summed E-state index contributed by atoms with van der Waals surface area (Å²) < 4.78 is 7.99.